The summed E-state index contributed by atoms with van der Waals surface area (Å²) >= 11 is 1.93. The third-order valence-corrected chi connectivity index (χ3v) is 3.49. The fraction of sp³-hybridized carbons (Fsp3) is 1.00. The molecule has 0 spiro atoms. The van der Waals surface area contributed by atoms with Gasteiger partial charge < -0.3 is 15.2 Å². The van der Waals surface area contributed by atoms with Gasteiger partial charge in [0.15, 0.2) is 0 Å². The predicted octanol–water partition coefficient (Wildman–Crippen LogP) is 1.90. The summed E-state index contributed by atoms with van der Waals surface area (Å²) in [6.07, 6.45) is 2.11. The zero-order valence-electron chi connectivity index (χ0n) is 11.1. The molecule has 1 unspecified atom stereocenters. The van der Waals surface area contributed by atoms with Crippen LogP contribution in [0.3, 0.4) is 0 Å². The first kappa shape index (κ1) is 16.2. The molecule has 0 saturated carbocycles. The first-order valence-corrected chi connectivity index (χ1v) is 7.15. The van der Waals surface area contributed by atoms with Crippen LogP contribution in [0.5, 0.6) is 0 Å². The molecule has 16 heavy (non-hydrogen) atoms. The maximum Gasteiger partial charge on any atom is 0.0610 e. The molecule has 4 heteroatoms. The van der Waals surface area contributed by atoms with E-state index in [0.29, 0.717) is 6.04 Å². The summed E-state index contributed by atoms with van der Waals surface area (Å²) in [5.41, 5.74) is -0.136. The molecule has 0 amide bonds. The maximum atomic E-state index is 9.38. The largest absolute Gasteiger partial charge is 0.394 e. The lowest BCUT2D eigenvalue weighted by Crippen LogP contribution is -2.49. The van der Waals surface area contributed by atoms with Crippen molar-refractivity contribution < 1.29 is 9.84 Å². The summed E-state index contributed by atoms with van der Waals surface area (Å²) in [6.45, 7) is 7.35. The summed E-state index contributed by atoms with van der Waals surface area (Å²) in [7, 11) is 1.74. The molecule has 3 nitrogen and oxygen atoms in total. The number of aliphatic hydroxyl groups is 1. The van der Waals surface area contributed by atoms with E-state index in [1.165, 1.54) is 0 Å². The minimum atomic E-state index is -0.136. The van der Waals surface area contributed by atoms with Crippen molar-refractivity contribution >= 4 is 11.8 Å². The lowest BCUT2D eigenvalue weighted by atomic mass is 9.99. The Kier molecular flexibility index (Phi) is 9.41. The van der Waals surface area contributed by atoms with E-state index in [1.807, 2.05) is 11.8 Å². The van der Waals surface area contributed by atoms with Crippen molar-refractivity contribution in [1.82, 2.24) is 5.32 Å². The molecule has 0 aromatic heterocycles. The Hall–Kier alpha value is 0.230. The zero-order valence-corrected chi connectivity index (χ0v) is 11.9. The molecule has 0 fully saturated rings. The van der Waals surface area contributed by atoms with E-state index < -0.39 is 0 Å². The minimum absolute atomic E-state index is 0.136. The van der Waals surface area contributed by atoms with E-state index in [9.17, 15) is 5.11 Å². The van der Waals surface area contributed by atoms with Crippen LogP contribution in [0.1, 0.15) is 33.6 Å². The Bertz CT molecular complexity index is 167. The zero-order chi connectivity index (χ0) is 12.4. The first-order valence-electron chi connectivity index (χ1n) is 5.99. The molecule has 0 aliphatic heterocycles. The summed E-state index contributed by atoms with van der Waals surface area (Å²) < 4.78 is 5.00. The molecular formula is C12H27NO2S. The molecule has 2 N–H and O–H groups in total. The van der Waals surface area contributed by atoms with Gasteiger partial charge in [-0.05, 0) is 31.3 Å². The minimum Gasteiger partial charge on any atom is -0.394 e. The Morgan fingerprint density at radius 3 is 2.56 bits per heavy atom. The van der Waals surface area contributed by atoms with Crippen LogP contribution < -0.4 is 5.32 Å². The van der Waals surface area contributed by atoms with Gasteiger partial charge in [-0.1, -0.05) is 13.8 Å². The van der Waals surface area contributed by atoms with E-state index >= 15 is 0 Å². The standard InChI is InChI=1S/C12H27NO2S/c1-11(2)13-12(3,10-14)6-9-16-8-5-7-15-4/h11,13-14H,5-10H2,1-4H3. The van der Waals surface area contributed by atoms with Crippen LogP contribution in [0.4, 0.5) is 0 Å². The van der Waals surface area contributed by atoms with Crippen LogP contribution in [-0.2, 0) is 4.74 Å². The Labute approximate surface area is 104 Å². The fourth-order valence-corrected chi connectivity index (χ4v) is 2.72. The molecule has 0 aliphatic rings. The molecule has 0 heterocycles. The fourth-order valence-electron chi connectivity index (χ4n) is 1.60. The molecule has 98 valence electrons. The van der Waals surface area contributed by atoms with Gasteiger partial charge in [-0.25, -0.2) is 0 Å². The van der Waals surface area contributed by atoms with Gasteiger partial charge in [-0.15, -0.1) is 0 Å². The van der Waals surface area contributed by atoms with Crippen LogP contribution in [-0.4, -0.2) is 48.5 Å². The Morgan fingerprint density at radius 1 is 1.38 bits per heavy atom. The highest BCUT2D eigenvalue weighted by atomic mass is 32.2. The van der Waals surface area contributed by atoms with Gasteiger partial charge in [0.2, 0.25) is 0 Å². The number of hydrogen-bond donors (Lipinski definition) is 2. The highest BCUT2D eigenvalue weighted by molar-refractivity contribution is 7.99. The van der Waals surface area contributed by atoms with Crippen molar-refractivity contribution in [2.75, 3.05) is 31.8 Å². The lowest BCUT2D eigenvalue weighted by molar-refractivity contribution is 0.162. The van der Waals surface area contributed by atoms with Crippen molar-refractivity contribution in [2.24, 2.45) is 0 Å². The average Bonchev–Trinajstić information content (AvgIpc) is 2.22. The van der Waals surface area contributed by atoms with Crippen molar-refractivity contribution in [3.8, 4) is 0 Å². The normalized spacial score (nSPS) is 15.4. The van der Waals surface area contributed by atoms with Gasteiger partial charge in [-0.2, -0.15) is 11.8 Å². The van der Waals surface area contributed by atoms with Crippen LogP contribution in [0, 0.1) is 0 Å². The Balaban J connectivity index is 3.61. The van der Waals surface area contributed by atoms with Crippen LogP contribution in [0.25, 0.3) is 0 Å². The van der Waals surface area contributed by atoms with E-state index in [2.05, 4.69) is 26.1 Å². The first-order chi connectivity index (χ1) is 7.54. The quantitative estimate of drug-likeness (QED) is 0.580. The summed E-state index contributed by atoms with van der Waals surface area (Å²) in [6, 6.07) is 0.413. The molecular weight excluding hydrogens is 222 g/mol. The third kappa shape index (κ3) is 8.39. The van der Waals surface area contributed by atoms with E-state index in [-0.39, 0.29) is 12.1 Å². The topological polar surface area (TPSA) is 41.5 Å². The number of rotatable bonds is 10. The second-order valence-electron chi connectivity index (χ2n) is 4.73. The number of methoxy groups -OCH3 is 1. The number of thioether (sulfide) groups is 1. The van der Waals surface area contributed by atoms with Crippen molar-refractivity contribution in [2.45, 2.75) is 45.2 Å². The average molecular weight is 249 g/mol. The molecule has 0 bridgehead atoms. The van der Waals surface area contributed by atoms with Crippen LogP contribution in [0.2, 0.25) is 0 Å². The van der Waals surface area contributed by atoms with Crippen molar-refractivity contribution in [1.29, 1.82) is 0 Å². The highest BCUT2D eigenvalue weighted by Crippen LogP contribution is 2.15. The predicted molar refractivity (Wildman–Crippen MR) is 72.2 cm³/mol. The van der Waals surface area contributed by atoms with Gasteiger partial charge in [0.25, 0.3) is 0 Å². The highest BCUT2D eigenvalue weighted by Gasteiger charge is 2.22. The van der Waals surface area contributed by atoms with Crippen LogP contribution >= 0.6 is 11.8 Å². The monoisotopic (exact) mass is 249 g/mol. The van der Waals surface area contributed by atoms with E-state index in [4.69, 9.17) is 4.74 Å². The second-order valence-corrected chi connectivity index (χ2v) is 5.95. The maximum absolute atomic E-state index is 9.38. The SMILES string of the molecule is COCCCSCCC(C)(CO)NC(C)C. The molecule has 0 saturated heterocycles. The number of ether oxygens (including phenoxy) is 1. The van der Waals surface area contributed by atoms with Gasteiger partial charge >= 0.3 is 0 Å². The Morgan fingerprint density at radius 2 is 2.06 bits per heavy atom. The molecule has 0 aliphatic carbocycles. The summed E-state index contributed by atoms with van der Waals surface area (Å²) in [4.78, 5) is 0. The second kappa shape index (κ2) is 9.28. The van der Waals surface area contributed by atoms with Gasteiger partial charge in [0.05, 0.1) is 6.61 Å². The molecule has 0 radical (unpaired) electrons. The van der Waals surface area contributed by atoms with E-state index in [0.717, 1.165) is 31.0 Å². The van der Waals surface area contributed by atoms with Gasteiger partial charge in [0.1, 0.15) is 0 Å². The lowest BCUT2D eigenvalue weighted by Gasteiger charge is -2.31. The van der Waals surface area contributed by atoms with Crippen molar-refractivity contribution in [3.05, 3.63) is 0 Å². The third-order valence-electron chi connectivity index (χ3n) is 2.42. The summed E-state index contributed by atoms with van der Waals surface area (Å²) in [5, 5.41) is 12.8. The summed E-state index contributed by atoms with van der Waals surface area (Å²) in [5.74, 6) is 2.22. The van der Waals surface area contributed by atoms with Gasteiger partial charge in [-0.3, -0.25) is 0 Å². The molecule has 0 aromatic carbocycles. The smallest absolute Gasteiger partial charge is 0.0610 e. The van der Waals surface area contributed by atoms with Crippen molar-refractivity contribution in [3.63, 3.8) is 0 Å². The number of aliphatic hydroxyl groups excluding tert-OH is 1. The van der Waals surface area contributed by atoms with Crippen LogP contribution in [0.15, 0.2) is 0 Å². The van der Waals surface area contributed by atoms with E-state index in [1.54, 1.807) is 7.11 Å². The number of hydrogen-bond acceptors (Lipinski definition) is 4. The molecule has 0 rings (SSSR count). The molecule has 0 aromatic rings. The number of nitrogens with one attached hydrogen (secondary N) is 1. The van der Waals surface area contributed by atoms with Gasteiger partial charge in [0, 0.05) is 25.3 Å². The molecule has 1 atom stereocenters.